The van der Waals surface area contributed by atoms with Gasteiger partial charge in [-0.3, -0.25) is 14.4 Å². The van der Waals surface area contributed by atoms with Crippen LogP contribution >= 0.6 is 11.6 Å². The molecule has 2 fully saturated rings. The summed E-state index contributed by atoms with van der Waals surface area (Å²) in [6, 6.07) is 5.93. The molecule has 2 heterocycles. The molecular formula is C20H26ClN3O6S. The Morgan fingerprint density at radius 2 is 1.65 bits per heavy atom. The fourth-order valence-corrected chi connectivity index (χ4v) is 5.12. The Bertz CT molecular complexity index is 913. The van der Waals surface area contributed by atoms with E-state index in [1.807, 2.05) is 0 Å². The van der Waals surface area contributed by atoms with Gasteiger partial charge >= 0.3 is 5.97 Å². The highest BCUT2D eigenvalue weighted by molar-refractivity contribution is 7.89. The molecule has 0 aliphatic carbocycles. The lowest BCUT2D eigenvalue weighted by Gasteiger charge is -2.33. The van der Waals surface area contributed by atoms with Crippen LogP contribution in [0.3, 0.4) is 0 Å². The van der Waals surface area contributed by atoms with Gasteiger partial charge in [-0.2, -0.15) is 4.31 Å². The third-order valence-corrected chi connectivity index (χ3v) is 7.56. The molecule has 9 nitrogen and oxygen atoms in total. The van der Waals surface area contributed by atoms with Gasteiger partial charge in [-0.25, -0.2) is 8.42 Å². The van der Waals surface area contributed by atoms with Crippen LogP contribution in [0.5, 0.6) is 0 Å². The van der Waals surface area contributed by atoms with E-state index in [-0.39, 0.29) is 49.4 Å². The van der Waals surface area contributed by atoms with Crippen molar-refractivity contribution in [3.8, 4) is 0 Å². The van der Waals surface area contributed by atoms with Crippen molar-refractivity contribution in [3.05, 3.63) is 29.3 Å². The van der Waals surface area contributed by atoms with Gasteiger partial charge in [0.25, 0.3) is 5.91 Å². The lowest BCUT2D eigenvalue weighted by Crippen LogP contribution is -2.51. The second-order valence-corrected chi connectivity index (χ2v) is 9.90. The molecule has 11 heteroatoms. The van der Waals surface area contributed by atoms with Gasteiger partial charge in [-0.15, -0.1) is 0 Å². The van der Waals surface area contributed by atoms with E-state index in [0.29, 0.717) is 18.0 Å². The molecular weight excluding hydrogens is 446 g/mol. The number of esters is 1. The molecule has 2 aliphatic heterocycles. The van der Waals surface area contributed by atoms with Crippen LogP contribution in [0.2, 0.25) is 5.02 Å². The molecule has 0 saturated carbocycles. The summed E-state index contributed by atoms with van der Waals surface area (Å²) < 4.78 is 31.8. The number of piperazine rings is 1. The van der Waals surface area contributed by atoms with Gasteiger partial charge in [0.15, 0.2) is 6.61 Å². The van der Waals surface area contributed by atoms with Crippen LogP contribution < -0.4 is 0 Å². The quantitative estimate of drug-likeness (QED) is 0.576. The van der Waals surface area contributed by atoms with E-state index >= 15 is 0 Å². The molecule has 0 bridgehead atoms. The average Bonchev–Trinajstić information content (AvgIpc) is 2.96. The number of likely N-dealkylation sites (tertiary alicyclic amines) is 1. The summed E-state index contributed by atoms with van der Waals surface area (Å²) in [5.74, 6) is -1.08. The molecule has 0 aromatic heterocycles. The summed E-state index contributed by atoms with van der Waals surface area (Å²) in [6.07, 6.45) is 3.05. The largest absolute Gasteiger partial charge is 0.454 e. The maximum absolute atomic E-state index is 12.7. The standard InChI is InChI=1S/C20H26ClN3O6S/c21-16-5-7-17(8-6-16)31(28,29)24-12-10-22(11-13-24)19(26)15-30-20(27)14-23-9-3-1-2-4-18(23)25/h5-8H,1-4,9-15H2. The van der Waals surface area contributed by atoms with E-state index in [1.54, 1.807) is 0 Å². The zero-order valence-corrected chi connectivity index (χ0v) is 18.7. The van der Waals surface area contributed by atoms with Crippen molar-refractivity contribution in [3.63, 3.8) is 0 Å². The van der Waals surface area contributed by atoms with Gasteiger partial charge in [0, 0.05) is 44.2 Å². The second-order valence-electron chi connectivity index (χ2n) is 7.53. The summed E-state index contributed by atoms with van der Waals surface area (Å²) in [5, 5.41) is 0.448. The van der Waals surface area contributed by atoms with Crippen LogP contribution in [-0.4, -0.2) is 86.2 Å². The number of sulfonamides is 1. The van der Waals surface area contributed by atoms with E-state index in [1.165, 1.54) is 38.4 Å². The molecule has 2 amide bonds. The van der Waals surface area contributed by atoms with Crippen molar-refractivity contribution < 1.29 is 27.5 Å². The third-order valence-electron chi connectivity index (χ3n) is 5.39. The van der Waals surface area contributed by atoms with Crippen LogP contribution in [0.15, 0.2) is 29.2 Å². The number of carbonyl (C=O) groups excluding carboxylic acids is 3. The molecule has 2 aliphatic rings. The second kappa shape index (κ2) is 10.4. The summed E-state index contributed by atoms with van der Waals surface area (Å²) in [6.45, 7) is 0.636. The molecule has 31 heavy (non-hydrogen) atoms. The number of carbonyl (C=O) groups is 3. The first-order valence-electron chi connectivity index (χ1n) is 10.2. The highest BCUT2D eigenvalue weighted by Crippen LogP contribution is 2.20. The van der Waals surface area contributed by atoms with E-state index in [2.05, 4.69) is 0 Å². The van der Waals surface area contributed by atoms with Gasteiger partial charge < -0.3 is 14.5 Å². The molecule has 1 aromatic rings. The molecule has 170 valence electrons. The molecule has 0 radical (unpaired) electrons. The van der Waals surface area contributed by atoms with Crippen molar-refractivity contribution in [1.82, 2.24) is 14.1 Å². The topological polar surface area (TPSA) is 104 Å². The monoisotopic (exact) mass is 471 g/mol. The number of halogens is 1. The normalized spacial score (nSPS) is 18.5. The van der Waals surface area contributed by atoms with Crippen LogP contribution in [0.25, 0.3) is 0 Å². The first kappa shape index (κ1) is 23.5. The van der Waals surface area contributed by atoms with Crippen molar-refractivity contribution in [2.45, 2.75) is 30.6 Å². The van der Waals surface area contributed by atoms with Gasteiger partial charge in [0.05, 0.1) is 4.90 Å². The fraction of sp³-hybridized carbons (Fsp3) is 0.550. The lowest BCUT2D eigenvalue weighted by atomic mass is 10.2. The zero-order chi connectivity index (χ0) is 22.4. The summed E-state index contributed by atoms with van der Waals surface area (Å²) in [4.78, 5) is 39.4. The number of rotatable bonds is 6. The van der Waals surface area contributed by atoms with Crippen LogP contribution in [0.1, 0.15) is 25.7 Å². The molecule has 1 aromatic carbocycles. The summed E-state index contributed by atoms with van der Waals surface area (Å²) >= 11 is 5.81. The Balaban J connectivity index is 1.45. The number of benzene rings is 1. The smallest absolute Gasteiger partial charge is 0.326 e. The summed E-state index contributed by atoms with van der Waals surface area (Å²) in [7, 11) is -3.66. The minimum atomic E-state index is -3.66. The maximum Gasteiger partial charge on any atom is 0.326 e. The van der Waals surface area contributed by atoms with E-state index < -0.39 is 22.6 Å². The van der Waals surface area contributed by atoms with Gasteiger partial charge in [0.2, 0.25) is 15.9 Å². The zero-order valence-electron chi connectivity index (χ0n) is 17.2. The predicted octanol–water partition coefficient (Wildman–Crippen LogP) is 1.12. The van der Waals surface area contributed by atoms with Gasteiger partial charge in [-0.1, -0.05) is 18.0 Å². The van der Waals surface area contributed by atoms with Crippen molar-refractivity contribution >= 4 is 39.4 Å². The fourth-order valence-electron chi connectivity index (χ4n) is 3.57. The Kier molecular flexibility index (Phi) is 7.90. The van der Waals surface area contributed by atoms with E-state index in [4.69, 9.17) is 16.3 Å². The summed E-state index contributed by atoms with van der Waals surface area (Å²) in [5.41, 5.74) is 0. The van der Waals surface area contributed by atoms with Crippen LogP contribution in [0.4, 0.5) is 0 Å². The van der Waals surface area contributed by atoms with Crippen molar-refractivity contribution in [2.75, 3.05) is 45.9 Å². The highest BCUT2D eigenvalue weighted by Gasteiger charge is 2.30. The number of hydrogen-bond donors (Lipinski definition) is 0. The first-order chi connectivity index (χ1) is 14.8. The average molecular weight is 472 g/mol. The number of nitrogens with zero attached hydrogens (tertiary/aromatic N) is 3. The van der Waals surface area contributed by atoms with Crippen LogP contribution in [-0.2, 0) is 29.1 Å². The number of amides is 2. The molecule has 0 atom stereocenters. The molecule has 0 unspecified atom stereocenters. The molecule has 3 rings (SSSR count). The molecule has 2 saturated heterocycles. The predicted molar refractivity (Wildman–Crippen MR) is 113 cm³/mol. The van der Waals surface area contributed by atoms with Crippen LogP contribution in [0, 0.1) is 0 Å². The minimum Gasteiger partial charge on any atom is -0.454 e. The van der Waals surface area contributed by atoms with E-state index in [9.17, 15) is 22.8 Å². The number of ether oxygens (including phenoxy) is 1. The van der Waals surface area contributed by atoms with E-state index in [0.717, 1.165) is 19.3 Å². The molecule has 0 N–H and O–H groups in total. The van der Waals surface area contributed by atoms with Crippen molar-refractivity contribution in [1.29, 1.82) is 0 Å². The Labute approximate surface area is 186 Å². The highest BCUT2D eigenvalue weighted by atomic mass is 35.5. The lowest BCUT2D eigenvalue weighted by molar-refractivity contribution is -0.155. The van der Waals surface area contributed by atoms with Gasteiger partial charge in [0.1, 0.15) is 6.54 Å². The van der Waals surface area contributed by atoms with Gasteiger partial charge in [-0.05, 0) is 37.1 Å². The Hall–Kier alpha value is -2.17. The SMILES string of the molecule is O=C(CN1CCCCCC1=O)OCC(=O)N1CCN(S(=O)(=O)c2ccc(Cl)cc2)CC1. The molecule has 0 spiro atoms. The Morgan fingerprint density at radius 1 is 0.968 bits per heavy atom. The Morgan fingerprint density at radius 3 is 2.32 bits per heavy atom. The third kappa shape index (κ3) is 6.18. The first-order valence-corrected chi connectivity index (χ1v) is 12.1. The minimum absolute atomic E-state index is 0.0706. The maximum atomic E-state index is 12.7. The number of hydrogen-bond acceptors (Lipinski definition) is 6. The van der Waals surface area contributed by atoms with Crippen molar-refractivity contribution in [2.24, 2.45) is 0 Å².